The fraction of sp³-hybridized carbons (Fsp3) is 0.143. The van der Waals surface area contributed by atoms with Crippen molar-refractivity contribution < 1.29 is 8.78 Å². The highest BCUT2D eigenvalue weighted by atomic mass is 35.5. The Labute approximate surface area is 160 Å². The average Bonchev–Trinajstić information content (AvgIpc) is 2.98. The molecule has 0 bridgehead atoms. The highest BCUT2D eigenvalue weighted by molar-refractivity contribution is 6.30. The van der Waals surface area contributed by atoms with Crippen molar-refractivity contribution in [1.29, 1.82) is 0 Å². The monoisotopic (exact) mass is 383 g/mol. The fourth-order valence-electron chi connectivity index (χ4n) is 3.19. The second-order valence-corrected chi connectivity index (χ2v) is 6.77. The highest BCUT2D eigenvalue weighted by Crippen LogP contribution is 2.33. The Bertz CT molecular complexity index is 1090. The van der Waals surface area contributed by atoms with Crippen LogP contribution in [0.4, 0.5) is 8.78 Å². The van der Waals surface area contributed by atoms with Gasteiger partial charge in [-0.25, -0.2) is 18.4 Å². The van der Waals surface area contributed by atoms with Crippen molar-refractivity contribution in [2.24, 2.45) is 0 Å². The third kappa shape index (κ3) is 3.43. The largest absolute Gasteiger partial charge is 0.264 e. The molecule has 4 aromatic rings. The maximum absolute atomic E-state index is 13.8. The lowest BCUT2D eigenvalue weighted by atomic mass is 10.1. The number of nitrogens with zero attached hydrogens (tertiary/aromatic N) is 3. The summed E-state index contributed by atoms with van der Waals surface area (Å²) in [5.41, 5.74) is 3.18. The molecule has 2 heterocycles. The van der Waals surface area contributed by atoms with Crippen LogP contribution in [-0.4, -0.2) is 14.8 Å². The smallest absolute Gasteiger partial charge is 0.243 e. The van der Waals surface area contributed by atoms with Crippen molar-refractivity contribution in [3.8, 4) is 11.3 Å². The SMILES string of the molecule is Cc1nn(Cc2ccccc2)c2nc(-c3ccc(Cl)cc3)cc(C(F)F)c12. The average molecular weight is 384 g/mol. The van der Waals surface area contributed by atoms with Gasteiger partial charge in [0.2, 0.25) is 0 Å². The molecule has 6 heteroatoms. The van der Waals surface area contributed by atoms with Gasteiger partial charge in [-0.3, -0.25) is 0 Å². The third-order valence-electron chi connectivity index (χ3n) is 4.46. The Morgan fingerprint density at radius 3 is 2.41 bits per heavy atom. The van der Waals surface area contributed by atoms with Gasteiger partial charge in [0.1, 0.15) is 0 Å². The lowest BCUT2D eigenvalue weighted by Gasteiger charge is -2.09. The van der Waals surface area contributed by atoms with Crippen molar-refractivity contribution in [2.75, 3.05) is 0 Å². The molecule has 0 saturated heterocycles. The van der Waals surface area contributed by atoms with Crippen LogP contribution in [0, 0.1) is 6.92 Å². The van der Waals surface area contributed by atoms with E-state index in [1.807, 2.05) is 30.3 Å². The van der Waals surface area contributed by atoms with E-state index in [9.17, 15) is 8.78 Å². The molecule has 0 fully saturated rings. The highest BCUT2D eigenvalue weighted by Gasteiger charge is 2.21. The molecule has 0 atom stereocenters. The minimum absolute atomic E-state index is 0.0539. The number of rotatable bonds is 4. The Hall–Kier alpha value is -2.79. The van der Waals surface area contributed by atoms with Crippen molar-refractivity contribution in [3.05, 3.63) is 82.5 Å². The zero-order valence-electron chi connectivity index (χ0n) is 14.5. The minimum Gasteiger partial charge on any atom is -0.243 e. The molecule has 2 aromatic heterocycles. The first-order chi connectivity index (χ1) is 13.0. The van der Waals surface area contributed by atoms with Gasteiger partial charge >= 0.3 is 0 Å². The van der Waals surface area contributed by atoms with Crippen LogP contribution in [0.1, 0.15) is 23.2 Å². The quantitative estimate of drug-likeness (QED) is 0.429. The number of hydrogen-bond donors (Lipinski definition) is 0. The van der Waals surface area contributed by atoms with E-state index in [0.29, 0.717) is 34.0 Å². The molecule has 0 radical (unpaired) electrons. The van der Waals surface area contributed by atoms with E-state index in [1.54, 1.807) is 35.9 Å². The molecule has 27 heavy (non-hydrogen) atoms. The van der Waals surface area contributed by atoms with E-state index < -0.39 is 6.43 Å². The fourth-order valence-corrected chi connectivity index (χ4v) is 3.32. The summed E-state index contributed by atoms with van der Waals surface area (Å²) in [7, 11) is 0. The molecule has 136 valence electrons. The van der Waals surface area contributed by atoms with Gasteiger partial charge in [0.15, 0.2) is 5.65 Å². The molecule has 4 rings (SSSR count). The summed E-state index contributed by atoms with van der Waals surface area (Å²) in [4.78, 5) is 4.66. The molecular formula is C21H16ClF2N3. The molecule has 0 spiro atoms. The topological polar surface area (TPSA) is 30.7 Å². The summed E-state index contributed by atoms with van der Waals surface area (Å²) in [6, 6.07) is 18.2. The standard InChI is InChI=1S/C21H16ClF2N3/c1-13-19-17(20(23)24)11-18(15-7-9-16(22)10-8-15)25-21(19)27(26-13)12-14-5-3-2-4-6-14/h2-11,20H,12H2,1H3. The molecule has 0 amide bonds. The van der Waals surface area contributed by atoms with Crippen molar-refractivity contribution in [3.63, 3.8) is 0 Å². The van der Waals surface area contributed by atoms with Crippen LogP contribution in [0.3, 0.4) is 0 Å². The van der Waals surface area contributed by atoms with Crippen molar-refractivity contribution >= 4 is 22.6 Å². The van der Waals surface area contributed by atoms with Crippen LogP contribution in [0.25, 0.3) is 22.3 Å². The second kappa shape index (κ2) is 7.08. The third-order valence-corrected chi connectivity index (χ3v) is 4.71. The van der Waals surface area contributed by atoms with E-state index in [1.165, 1.54) is 6.07 Å². The lowest BCUT2D eigenvalue weighted by molar-refractivity contribution is 0.153. The Morgan fingerprint density at radius 2 is 1.74 bits per heavy atom. The van der Waals surface area contributed by atoms with Gasteiger partial charge in [0.25, 0.3) is 6.43 Å². The van der Waals surface area contributed by atoms with Gasteiger partial charge in [-0.05, 0) is 30.7 Å². The van der Waals surface area contributed by atoms with Gasteiger partial charge in [0.05, 0.1) is 23.3 Å². The molecule has 0 aliphatic carbocycles. The molecule has 0 N–H and O–H groups in total. The summed E-state index contributed by atoms with van der Waals surface area (Å²) >= 11 is 5.94. The maximum Gasteiger partial charge on any atom is 0.264 e. The molecule has 0 saturated carbocycles. The van der Waals surface area contributed by atoms with E-state index in [0.717, 1.165) is 11.1 Å². The Kier molecular flexibility index (Phi) is 4.62. The summed E-state index contributed by atoms with van der Waals surface area (Å²) in [5, 5.41) is 5.47. The Balaban J connectivity index is 1.91. The zero-order chi connectivity index (χ0) is 19.0. The first-order valence-corrected chi connectivity index (χ1v) is 8.87. The number of benzene rings is 2. The van der Waals surface area contributed by atoms with E-state index >= 15 is 0 Å². The second-order valence-electron chi connectivity index (χ2n) is 6.33. The molecule has 0 aliphatic heterocycles. The summed E-state index contributed by atoms with van der Waals surface area (Å²) < 4.78 is 29.3. The van der Waals surface area contributed by atoms with E-state index in [-0.39, 0.29) is 5.56 Å². The number of alkyl halides is 2. The summed E-state index contributed by atoms with van der Waals surface area (Å²) in [6.45, 7) is 2.20. The van der Waals surface area contributed by atoms with Gasteiger partial charge in [-0.2, -0.15) is 5.10 Å². The van der Waals surface area contributed by atoms with Gasteiger partial charge < -0.3 is 0 Å². The van der Waals surface area contributed by atoms with Crippen LogP contribution in [0.2, 0.25) is 5.02 Å². The number of pyridine rings is 1. The Morgan fingerprint density at radius 1 is 1.04 bits per heavy atom. The number of aryl methyl sites for hydroxylation is 1. The van der Waals surface area contributed by atoms with Gasteiger partial charge in [0, 0.05) is 16.1 Å². The lowest BCUT2D eigenvalue weighted by Crippen LogP contribution is -2.03. The molecular weight excluding hydrogens is 368 g/mol. The number of aromatic nitrogens is 3. The van der Waals surface area contributed by atoms with Crippen LogP contribution in [0.5, 0.6) is 0 Å². The van der Waals surface area contributed by atoms with Gasteiger partial charge in [-0.15, -0.1) is 0 Å². The van der Waals surface area contributed by atoms with Crippen LogP contribution in [-0.2, 0) is 6.54 Å². The molecule has 3 nitrogen and oxygen atoms in total. The first-order valence-electron chi connectivity index (χ1n) is 8.49. The number of hydrogen-bond acceptors (Lipinski definition) is 2. The zero-order valence-corrected chi connectivity index (χ0v) is 15.3. The predicted octanol–water partition coefficient (Wildman–Crippen LogP) is 6.05. The maximum atomic E-state index is 13.8. The van der Waals surface area contributed by atoms with E-state index in [2.05, 4.69) is 10.1 Å². The summed E-state index contributed by atoms with van der Waals surface area (Å²) in [6.07, 6.45) is -2.62. The number of halogens is 3. The predicted molar refractivity (Wildman–Crippen MR) is 103 cm³/mol. The van der Waals surface area contributed by atoms with E-state index in [4.69, 9.17) is 11.6 Å². The van der Waals surface area contributed by atoms with Crippen LogP contribution >= 0.6 is 11.6 Å². The summed E-state index contributed by atoms with van der Waals surface area (Å²) in [5.74, 6) is 0. The normalized spacial score (nSPS) is 11.4. The van der Waals surface area contributed by atoms with Gasteiger partial charge in [-0.1, -0.05) is 54.1 Å². The van der Waals surface area contributed by atoms with Crippen LogP contribution < -0.4 is 0 Å². The molecule has 0 unspecified atom stereocenters. The molecule has 0 aliphatic rings. The molecule has 2 aromatic carbocycles. The minimum atomic E-state index is -2.62. The first kappa shape index (κ1) is 17.6. The van der Waals surface area contributed by atoms with Crippen molar-refractivity contribution in [2.45, 2.75) is 19.9 Å². The number of fused-ring (bicyclic) bond motifs is 1. The van der Waals surface area contributed by atoms with Crippen molar-refractivity contribution in [1.82, 2.24) is 14.8 Å². The van der Waals surface area contributed by atoms with Crippen LogP contribution in [0.15, 0.2) is 60.7 Å².